The average Bonchev–Trinajstić information content (AvgIpc) is 2.54. The number of rotatable bonds is 4. The van der Waals surface area contributed by atoms with E-state index in [0.717, 1.165) is 43.6 Å². The van der Waals surface area contributed by atoms with Crippen LogP contribution in [0.3, 0.4) is 0 Å². The van der Waals surface area contributed by atoms with Gasteiger partial charge in [0.05, 0.1) is 13.2 Å². The minimum absolute atomic E-state index is 0.399. The van der Waals surface area contributed by atoms with E-state index in [9.17, 15) is 9.90 Å². The number of aromatic carboxylic acids is 1. The summed E-state index contributed by atoms with van der Waals surface area (Å²) in [6.45, 7) is 7.60. The normalized spacial score (nSPS) is 19.0. The molecule has 0 spiro atoms. The topological polar surface area (TPSA) is 65.9 Å². The zero-order valence-electron chi connectivity index (χ0n) is 13.0. The highest BCUT2D eigenvalue weighted by Crippen LogP contribution is 2.29. The van der Waals surface area contributed by atoms with E-state index in [0.29, 0.717) is 37.7 Å². The molecule has 0 saturated carbocycles. The Morgan fingerprint density at radius 3 is 2.82 bits per heavy atom. The Balaban J connectivity index is 1.95. The maximum atomic E-state index is 11.8. The molecule has 0 bridgehead atoms. The van der Waals surface area contributed by atoms with Gasteiger partial charge in [0.1, 0.15) is 11.4 Å². The Hall–Kier alpha value is -1.66. The lowest BCUT2D eigenvalue weighted by atomic mass is 9.95. The van der Waals surface area contributed by atoms with Crippen LogP contribution in [0, 0.1) is 0 Å². The van der Waals surface area contributed by atoms with Gasteiger partial charge in [0.2, 0.25) is 0 Å². The van der Waals surface area contributed by atoms with Gasteiger partial charge >= 0.3 is 5.97 Å². The molecule has 0 atom stereocenters. The molecule has 1 saturated heterocycles. The lowest BCUT2D eigenvalue weighted by molar-refractivity contribution is 0.0693. The Labute approximate surface area is 130 Å². The summed E-state index contributed by atoms with van der Waals surface area (Å²) in [5.41, 5.74) is 2.43. The third-order valence-electron chi connectivity index (χ3n) is 4.39. The number of hydrogen-bond donors (Lipinski definition) is 1. The highest BCUT2D eigenvalue weighted by Gasteiger charge is 2.27. The fourth-order valence-corrected chi connectivity index (χ4v) is 3.34. The van der Waals surface area contributed by atoms with Gasteiger partial charge in [-0.2, -0.15) is 0 Å². The molecule has 3 rings (SSSR count). The molecule has 120 valence electrons. The molecule has 1 aromatic rings. The number of morpholine rings is 1. The predicted molar refractivity (Wildman–Crippen MR) is 83.5 cm³/mol. The first kappa shape index (κ1) is 15.2. The molecule has 2 aliphatic heterocycles. The van der Waals surface area contributed by atoms with E-state index in [4.69, 9.17) is 4.74 Å². The fraction of sp³-hybridized carbons (Fsp3) is 0.625. The highest BCUT2D eigenvalue weighted by atomic mass is 16.5. The number of carbonyl (C=O) groups is 1. The summed E-state index contributed by atoms with van der Waals surface area (Å²) >= 11 is 0. The van der Waals surface area contributed by atoms with Gasteiger partial charge in [-0.3, -0.25) is 4.90 Å². The number of aromatic nitrogens is 1. The predicted octanol–water partition coefficient (Wildman–Crippen LogP) is 1.38. The number of anilines is 1. The van der Waals surface area contributed by atoms with Crippen molar-refractivity contribution in [3.63, 3.8) is 0 Å². The van der Waals surface area contributed by atoms with Crippen molar-refractivity contribution >= 4 is 11.8 Å². The molecule has 6 nitrogen and oxygen atoms in total. The van der Waals surface area contributed by atoms with Crippen LogP contribution in [0.4, 0.5) is 5.82 Å². The number of pyridine rings is 1. The maximum Gasteiger partial charge on any atom is 0.339 e. The molecular weight excluding hydrogens is 282 g/mol. The molecule has 1 N–H and O–H groups in total. The molecule has 0 aliphatic carbocycles. The van der Waals surface area contributed by atoms with Crippen molar-refractivity contribution in [2.75, 3.05) is 44.3 Å². The number of fused-ring (bicyclic) bond motifs is 1. The first-order chi connectivity index (χ1) is 10.7. The minimum atomic E-state index is -0.866. The Morgan fingerprint density at radius 2 is 2.14 bits per heavy atom. The fourth-order valence-electron chi connectivity index (χ4n) is 3.34. The van der Waals surface area contributed by atoms with Crippen molar-refractivity contribution < 1.29 is 14.6 Å². The van der Waals surface area contributed by atoms with Crippen molar-refractivity contribution in [3.8, 4) is 0 Å². The van der Waals surface area contributed by atoms with Gasteiger partial charge < -0.3 is 14.7 Å². The first-order valence-electron chi connectivity index (χ1n) is 7.99. The second kappa shape index (κ2) is 6.62. The summed E-state index contributed by atoms with van der Waals surface area (Å²) in [5, 5.41) is 9.71. The molecule has 22 heavy (non-hydrogen) atoms. The average molecular weight is 305 g/mol. The van der Waals surface area contributed by atoms with Crippen LogP contribution in [-0.2, 0) is 17.7 Å². The monoisotopic (exact) mass is 305 g/mol. The molecule has 2 aliphatic rings. The molecule has 0 unspecified atom stereocenters. The van der Waals surface area contributed by atoms with Crippen LogP contribution >= 0.6 is 0 Å². The van der Waals surface area contributed by atoms with Gasteiger partial charge in [-0.1, -0.05) is 6.92 Å². The number of carboxylic acids is 1. The van der Waals surface area contributed by atoms with E-state index < -0.39 is 5.97 Å². The molecule has 1 fully saturated rings. The molecule has 0 amide bonds. The third kappa shape index (κ3) is 2.94. The Kier molecular flexibility index (Phi) is 4.59. The molecule has 0 radical (unpaired) electrons. The number of nitrogens with zero attached hydrogens (tertiary/aromatic N) is 3. The van der Waals surface area contributed by atoms with Crippen LogP contribution in [0.5, 0.6) is 0 Å². The number of ether oxygens (including phenoxy) is 1. The lowest BCUT2D eigenvalue weighted by Gasteiger charge is -2.33. The number of hydrogen-bond acceptors (Lipinski definition) is 5. The van der Waals surface area contributed by atoms with Crippen molar-refractivity contribution in [1.29, 1.82) is 0 Å². The van der Waals surface area contributed by atoms with Crippen molar-refractivity contribution in [3.05, 3.63) is 22.9 Å². The minimum Gasteiger partial charge on any atom is -0.478 e. The highest BCUT2D eigenvalue weighted by molar-refractivity contribution is 5.95. The zero-order valence-corrected chi connectivity index (χ0v) is 13.0. The molecule has 0 aromatic carbocycles. The van der Waals surface area contributed by atoms with Gasteiger partial charge in [-0.05, 0) is 30.5 Å². The zero-order chi connectivity index (χ0) is 15.5. The third-order valence-corrected chi connectivity index (χ3v) is 4.39. The Morgan fingerprint density at radius 1 is 1.36 bits per heavy atom. The standard InChI is InChI=1S/C16H23N3O3/c1-2-4-18-5-3-13-12(11-18)10-17-15(14(13)16(20)21)19-6-8-22-9-7-19/h10H,2-9,11H2,1H3,(H,20,21). The summed E-state index contributed by atoms with van der Waals surface area (Å²) in [4.78, 5) is 20.7. The molecule has 6 heteroatoms. The number of carboxylic acid groups (broad SMARTS) is 1. The van der Waals surface area contributed by atoms with Crippen LogP contribution in [0.1, 0.15) is 34.8 Å². The van der Waals surface area contributed by atoms with Crippen LogP contribution in [-0.4, -0.2) is 60.4 Å². The van der Waals surface area contributed by atoms with Gasteiger partial charge in [0.25, 0.3) is 0 Å². The van der Waals surface area contributed by atoms with Gasteiger partial charge in [-0.15, -0.1) is 0 Å². The maximum absolute atomic E-state index is 11.8. The summed E-state index contributed by atoms with van der Waals surface area (Å²) in [6, 6.07) is 0. The van der Waals surface area contributed by atoms with E-state index >= 15 is 0 Å². The summed E-state index contributed by atoms with van der Waals surface area (Å²) in [6.07, 6.45) is 3.77. The van der Waals surface area contributed by atoms with E-state index in [1.54, 1.807) is 0 Å². The molecule has 3 heterocycles. The quantitative estimate of drug-likeness (QED) is 0.906. The summed E-state index contributed by atoms with van der Waals surface area (Å²) in [7, 11) is 0. The smallest absolute Gasteiger partial charge is 0.339 e. The van der Waals surface area contributed by atoms with Crippen molar-refractivity contribution in [2.24, 2.45) is 0 Å². The molecular formula is C16H23N3O3. The van der Waals surface area contributed by atoms with Gasteiger partial charge in [-0.25, -0.2) is 9.78 Å². The van der Waals surface area contributed by atoms with Crippen molar-refractivity contribution in [2.45, 2.75) is 26.3 Å². The van der Waals surface area contributed by atoms with E-state index in [-0.39, 0.29) is 0 Å². The second-order valence-corrected chi connectivity index (χ2v) is 5.89. The van der Waals surface area contributed by atoms with E-state index in [1.807, 2.05) is 11.1 Å². The lowest BCUT2D eigenvalue weighted by Crippen LogP contribution is -2.39. The van der Waals surface area contributed by atoms with E-state index in [2.05, 4.69) is 16.8 Å². The molecule has 1 aromatic heterocycles. The van der Waals surface area contributed by atoms with Gasteiger partial charge in [0, 0.05) is 32.4 Å². The van der Waals surface area contributed by atoms with E-state index in [1.165, 1.54) is 0 Å². The summed E-state index contributed by atoms with van der Waals surface area (Å²) < 4.78 is 5.35. The van der Waals surface area contributed by atoms with Crippen LogP contribution in [0.25, 0.3) is 0 Å². The first-order valence-corrected chi connectivity index (χ1v) is 7.99. The SMILES string of the molecule is CCCN1CCc2c(cnc(N3CCOCC3)c2C(=O)O)C1. The Bertz CT molecular complexity index is 556. The summed E-state index contributed by atoms with van der Waals surface area (Å²) in [5.74, 6) is -0.256. The second-order valence-electron chi connectivity index (χ2n) is 5.89. The van der Waals surface area contributed by atoms with Crippen LogP contribution in [0.15, 0.2) is 6.20 Å². The van der Waals surface area contributed by atoms with Crippen molar-refractivity contribution in [1.82, 2.24) is 9.88 Å². The largest absolute Gasteiger partial charge is 0.478 e. The van der Waals surface area contributed by atoms with Gasteiger partial charge in [0.15, 0.2) is 0 Å². The van der Waals surface area contributed by atoms with Crippen LogP contribution < -0.4 is 4.90 Å². The van der Waals surface area contributed by atoms with Crippen LogP contribution in [0.2, 0.25) is 0 Å².